The molecule has 2 amide bonds. The van der Waals surface area contributed by atoms with Gasteiger partial charge in [-0.1, -0.05) is 12.1 Å². The van der Waals surface area contributed by atoms with E-state index in [0.29, 0.717) is 10.7 Å². The summed E-state index contributed by atoms with van der Waals surface area (Å²) in [7, 11) is 0. The van der Waals surface area contributed by atoms with E-state index in [1.165, 1.54) is 24.4 Å². The summed E-state index contributed by atoms with van der Waals surface area (Å²) in [6.07, 6.45) is -6.38. The molecule has 1 aliphatic carbocycles. The maximum atomic E-state index is 14.2. The van der Waals surface area contributed by atoms with Crippen molar-refractivity contribution in [2.24, 2.45) is 5.73 Å². The van der Waals surface area contributed by atoms with Crippen LogP contribution in [0.4, 0.5) is 35.1 Å². The van der Waals surface area contributed by atoms with Crippen LogP contribution in [0.15, 0.2) is 54.7 Å². The van der Waals surface area contributed by atoms with E-state index in [-0.39, 0.29) is 28.8 Å². The molecule has 0 unspecified atom stereocenters. The number of nitrogens with one attached hydrogen (secondary N) is 1. The molecule has 2 aromatic heterocycles. The van der Waals surface area contributed by atoms with Crippen molar-refractivity contribution in [3.63, 3.8) is 0 Å². The third-order valence-electron chi connectivity index (χ3n) is 7.30. The van der Waals surface area contributed by atoms with Gasteiger partial charge < -0.3 is 11.1 Å². The van der Waals surface area contributed by atoms with Crippen molar-refractivity contribution >= 4 is 11.8 Å². The van der Waals surface area contributed by atoms with Crippen molar-refractivity contribution in [3.8, 4) is 11.1 Å². The van der Waals surface area contributed by atoms with Crippen LogP contribution in [0, 0.1) is 17.5 Å². The van der Waals surface area contributed by atoms with Gasteiger partial charge in [-0.2, -0.15) is 18.3 Å². The highest BCUT2D eigenvalue weighted by Gasteiger charge is 2.45. The summed E-state index contributed by atoms with van der Waals surface area (Å²) in [4.78, 5) is 29.4. The molecule has 45 heavy (non-hydrogen) atoms. The summed E-state index contributed by atoms with van der Waals surface area (Å²) in [5.74, 6) is -8.10. The molecule has 2 heterocycles. The molecule has 3 N–H and O–H groups in total. The second-order valence-electron chi connectivity index (χ2n) is 10.6. The lowest BCUT2D eigenvalue weighted by Crippen LogP contribution is -2.35. The highest BCUT2D eigenvalue weighted by atomic mass is 19.4. The van der Waals surface area contributed by atoms with Crippen molar-refractivity contribution in [2.75, 3.05) is 0 Å². The Bertz CT molecular complexity index is 1770. The number of nitrogens with zero attached hydrogens (tertiary/aromatic N) is 3. The summed E-state index contributed by atoms with van der Waals surface area (Å²) in [6, 6.07) is 7.83. The van der Waals surface area contributed by atoms with Gasteiger partial charge in [0.1, 0.15) is 24.0 Å². The number of aromatic nitrogens is 3. The van der Waals surface area contributed by atoms with E-state index in [1.807, 2.05) is 0 Å². The van der Waals surface area contributed by atoms with Gasteiger partial charge in [-0.25, -0.2) is 22.0 Å². The molecular weight excluding hydrogens is 614 g/mol. The zero-order chi connectivity index (χ0) is 32.7. The third kappa shape index (κ3) is 6.97. The molecule has 15 heteroatoms. The SMILES string of the molecule is NC(=O)c1cc(-c2cccnc2[C@H](Cc2cc(F)cc(F)c2)NC(=O)Cn2nc(C(F)(F)F)c3c2CC(F)(F)CC3)ccc1F. The predicted molar refractivity (Wildman–Crippen MR) is 143 cm³/mol. The van der Waals surface area contributed by atoms with Crippen LogP contribution in [-0.4, -0.2) is 32.5 Å². The fraction of sp³-hybridized carbons (Fsp3) is 0.267. The molecular formula is C30H23F8N5O2. The Morgan fingerprint density at radius 2 is 1.76 bits per heavy atom. The van der Waals surface area contributed by atoms with Crippen molar-refractivity contribution in [1.29, 1.82) is 0 Å². The molecule has 0 radical (unpaired) electrons. The van der Waals surface area contributed by atoms with Gasteiger partial charge in [0.25, 0.3) is 11.8 Å². The number of hydrogen-bond acceptors (Lipinski definition) is 4. The number of benzene rings is 2. The van der Waals surface area contributed by atoms with Gasteiger partial charge >= 0.3 is 6.18 Å². The minimum Gasteiger partial charge on any atom is -0.366 e. The summed E-state index contributed by atoms with van der Waals surface area (Å²) in [5.41, 5.74) is 3.23. The summed E-state index contributed by atoms with van der Waals surface area (Å²) in [5, 5.41) is 6.02. The third-order valence-corrected chi connectivity index (χ3v) is 7.30. The lowest BCUT2D eigenvalue weighted by atomic mass is 9.92. The number of pyridine rings is 1. The highest BCUT2D eigenvalue weighted by molar-refractivity contribution is 5.94. The quantitative estimate of drug-likeness (QED) is 0.242. The average molecular weight is 638 g/mol. The first-order chi connectivity index (χ1) is 21.1. The zero-order valence-electron chi connectivity index (χ0n) is 23.1. The molecule has 1 aliphatic rings. The summed E-state index contributed by atoms with van der Waals surface area (Å²) in [6.45, 7) is -0.896. The molecule has 0 spiro atoms. The fourth-order valence-corrected chi connectivity index (χ4v) is 5.37. The standard InChI is InChI=1S/C30H23F8N5O2/c31-17-8-15(9-18(32)12-17)10-23(26-19(2-1-7-40-26)16-3-4-22(33)21(11-16)28(39)45)41-25(44)14-43-24-13-29(34,35)6-5-20(24)27(42-43)30(36,37)38/h1-4,7-9,11-12,23H,5-6,10,13-14H2,(H2,39,45)(H,41,44)/t23-/m0/s1. The predicted octanol–water partition coefficient (Wildman–Crippen LogP) is 5.70. The van der Waals surface area contributed by atoms with Crippen LogP contribution >= 0.6 is 0 Å². The Labute approximate surface area is 250 Å². The Balaban J connectivity index is 1.54. The van der Waals surface area contributed by atoms with Crippen LogP contribution in [0.2, 0.25) is 0 Å². The van der Waals surface area contributed by atoms with E-state index in [0.717, 1.165) is 24.3 Å². The van der Waals surface area contributed by atoms with Gasteiger partial charge in [-0.05, 0) is 54.3 Å². The first kappa shape index (κ1) is 31.6. The molecule has 1 atom stereocenters. The molecule has 236 valence electrons. The second kappa shape index (κ2) is 11.9. The van der Waals surface area contributed by atoms with E-state index in [2.05, 4.69) is 15.4 Å². The number of nitrogens with two attached hydrogens (primary N) is 1. The molecule has 7 nitrogen and oxygen atoms in total. The van der Waals surface area contributed by atoms with E-state index < -0.39 is 95.7 Å². The first-order valence-corrected chi connectivity index (χ1v) is 13.4. The summed E-state index contributed by atoms with van der Waals surface area (Å²) >= 11 is 0. The first-order valence-electron chi connectivity index (χ1n) is 13.4. The maximum Gasteiger partial charge on any atom is 0.435 e. The lowest BCUT2D eigenvalue weighted by Gasteiger charge is -2.24. The van der Waals surface area contributed by atoms with E-state index in [1.54, 1.807) is 0 Å². The van der Waals surface area contributed by atoms with Crippen LogP contribution in [0.3, 0.4) is 0 Å². The number of carbonyl (C=O) groups excluding carboxylic acids is 2. The number of alkyl halides is 5. The monoisotopic (exact) mass is 637 g/mol. The number of hydrogen-bond donors (Lipinski definition) is 2. The van der Waals surface area contributed by atoms with Gasteiger partial charge in [0.05, 0.1) is 23.7 Å². The van der Waals surface area contributed by atoms with Crippen molar-refractivity contribution in [2.45, 2.75) is 50.4 Å². The number of halogens is 8. The van der Waals surface area contributed by atoms with Crippen LogP contribution < -0.4 is 11.1 Å². The smallest absolute Gasteiger partial charge is 0.366 e. The maximum absolute atomic E-state index is 14.2. The molecule has 0 saturated heterocycles. The minimum atomic E-state index is -4.95. The van der Waals surface area contributed by atoms with Gasteiger partial charge in [-0.15, -0.1) is 0 Å². The molecule has 4 aromatic rings. The second-order valence-corrected chi connectivity index (χ2v) is 10.6. The van der Waals surface area contributed by atoms with Crippen molar-refractivity contribution < 1.29 is 44.7 Å². The van der Waals surface area contributed by atoms with Gasteiger partial charge in [0.2, 0.25) is 5.91 Å². The lowest BCUT2D eigenvalue weighted by molar-refractivity contribution is -0.142. The highest BCUT2D eigenvalue weighted by Crippen LogP contribution is 2.40. The molecule has 0 fully saturated rings. The van der Waals surface area contributed by atoms with Crippen LogP contribution in [0.5, 0.6) is 0 Å². The Hall–Kier alpha value is -4.82. The summed E-state index contributed by atoms with van der Waals surface area (Å²) < 4.78 is 112. The largest absolute Gasteiger partial charge is 0.435 e. The molecule has 5 rings (SSSR count). The van der Waals surface area contributed by atoms with E-state index >= 15 is 0 Å². The minimum absolute atomic E-state index is 0.0572. The van der Waals surface area contributed by atoms with Gasteiger partial charge in [0.15, 0.2) is 5.69 Å². The number of primary amides is 1. The van der Waals surface area contributed by atoms with E-state index in [4.69, 9.17) is 5.73 Å². The number of fused-ring (bicyclic) bond motifs is 1. The number of carbonyl (C=O) groups is 2. The van der Waals surface area contributed by atoms with Crippen molar-refractivity contribution in [1.82, 2.24) is 20.1 Å². The molecule has 0 bridgehead atoms. The van der Waals surface area contributed by atoms with Crippen LogP contribution in [0.1, 0.15) is 51.0 Å². The Morgan fingerprint density at radius 1 is 1.04 bits per heavy atom. The van der Waals surface area contributed by atoms with E-state index in [9.17, 15) is 44.7 Å². The van der Waals surface area contributed by atoms with Crippen LogP contribution in [0.25, 0.3) is 11.1 Å². The number of rotatable bonds is 8. The molecule has 0 saturated carbocycles. The average Bonchev–Trinajstić information content (AvgIpc) is 3.29. The van der Waals surface area contributed by atoms with Gasteiger partial charge in [-0.3, -0.25) is 19.3 Å². The Kier molecular flexibility index (Phi) is 8.38. The fourth-order valence-electron chi connectivity index (χ4n) is 5.37. The Morgan fingerprint density at radius 3 is 2.42 bits per heavy atom. The van der Waals surface area contributed by atoms with Crippen LogP contribution in [-0.2, 0) is 36.8 Å². The number of amides is 2. The molecule has 2 aromatic carbocycles. The normalized spacial score (nSPS) is 14.9. The topological polar surface area (TPSA) is 103 Å². The molecule has 0 aliphatic heterocycles. The van der Waals surface area contributed by atoms with Gasteiger partial charge in [0, 0.05) is 35.5 Å². The zero-order valence-corrected chi connectivity index (χ0v) is 23.1. The van der Waals surface area contributed by atoms with Crippen molar-refractivity contribution in [3.05, 3.63) is 106 Å².